The quantitative estimate of drug-likeness (QED) is 0.437. The first-order chi connectivity index (χ1) is 16.1. The van der Waals surface area contributed by atoms with Crippen LogP contribution in [0.25, 0.3) is 0 Å². The van der Waals surface area contributed by atoms with Crippen LogP contribution in [0.4, 0.5) is 11.5 Å². The topological polar surface area (TPSA) is 104 Å². The van der Waals surface area contributed by atoms with Crippen molar-refractivity contribution in [3.05, 3.63) is 53.2 Å². The van der Waals surface area contributed by atoms with E-state index in [1.807, 2.05) is 52.0 Å². The highest BCUT2D eigenvalue weighted by molar-refractivity contribution is 6.39. The molecule has 2 amide bonds. The highest BCUT2D eigenvalue weighted by atomic mass is 16.5. The number of aliphatic hydroxyl groups excluding tert-OH is 1. The average molecular weight is 469 g/mol. The molecule has 1 aliphatic heterocycles. The molecule has 34 heavy (non-hydrogen) atoms. The van der Waals surface area contributed by atoms with Gasteiger partial charge in [0, 0.05) is 6.54 Å². The number of aliphatic hydroxyl groups is 1. The number of ether oxygens (including phenoxy) is 1. The van der Waals surface area contributed by atoms with Crippen molar-refractivity contribution in [2.45, 2.75) is 65.7 Å². The highest BCUT2D eigenvalue weighted by Gasteiger charge is 2.34. The molecule has 2 atom stereocenters. The molecule has 184 valence electrons. The number of carbonyl (C=O) groups excluding carboxylic acids is 2. The smallest absolute Gasteiger partial charge is 0.313 e. The van der Waals surface area contributed by atoms with Crippen molar-refractivity contribution in [3.63, 3.8) is 0 Å². The van der Waals surface area contributed by atoms with Gasteiger partial charge in [0.2, 0.25) is 0 Å². The van der Waals surface area contributed by atoms with Gasteiger partial charge < -0.3 is 25.4 Å². The summed E-state index contributed by atoms with van der Waals surface area (Å²) in [7, 11) is 0. The maximum atomic E-state index is 13.2. The van der Waals surface area contributed by atoms with Crippen LogP contribution in [0, 0.1) is 12.8 Å². The molecule has 8 heteroatoms. The van der Waals surface area contributed by atoms with Crippen LogP contribution in [0.15, 0.2) is 36.5 Å². The zero-order valence-electron chi connectivity index (χ0n) is 20.7. The summed E-state index contributed by atoms with van der Waals surface area (Å²) in [5.41, 5.74) is 2.81. The van der Waals surface area contributed by atoms with Gasteiger partial charge in [0.15, 0.2) is 0 Å². The molecule has 1 aromatic carbocycles. The summed E-state index contributed by atoms with van der Waals surface area (Å²) in [5.74, 6) is -0.260. The van der Waals surface area contributed by atoms with E-state index in [0.717, 1.165) is 29.5 Å². The average Bonchev–Trinajstić information content (AvgIpc) is 2.79. The predicted octanol–water partition coefficient (Wildman–Crippen LogP) is 4.01. The van der Waals surface area contributed by atoms with Crippen molar-refractivity contribution >= 4 is 23.3 Å². The summed E-state index contributed by atoms with van der Waals surface area (Å²) in [6, 6.07) is 9.16. The molecule has 0 bridgehead atoms. The monoisotopic (exact) mass is 468 g/mol. The molecule has 1 fully saturated rings. The largest absolute Gasteiger partial charge is 0.392 e. The van der Waals surface area contributed by atoms with Crippen LogP contribution in [0.5, 0.6) is 0 Å². The van der Waals surface area contributed by atoms with Gasteiger partial charge >= 0.3 is 11.8 Å². The van der Waals surface area contributed by atoms with E-state index in [2.05, 4.69) is 22.5 Å². The normalized spacial score (nSPS) is 18.5. The summed E-state index contributed by atoms with van der Waals surface area (Å²) in [4.78, 5) is 32.1. The molecule has 0 unspecified atom stereocenters. The Morgan fingerprint density at radius 3 is 2.53 bits per heavy atom. The molecule has 8 nitrogen and oxygen atoms in total. The van der Waals surface area contributed by atoms with Gasteiger partial charge in [-0.05, 0) is 69.2 Å². The SMILES string of the molecule is Cc1cc(NC(=O)C(=O)N2C[C@@H](C)CC[C@@H]2c2ccc(CO)cc2)cnc1NCOC(C)(C)C. The molecule has 1 aromatic heterocycles. The van der Waals surface area contributed by atoms with E-state index in [0.29, 0.717) is 30.7 Å². The Hall–Kier alpha value is -2.97. The molecule has 0 saturated carbocycles. The van der Waals surface area contributed by atoms with Crippen molar-refractivity contribution in [1.82, 2.24) is 9.88 Å². The van der Waals surface area contributed by atoms with Gasteiger partial charge in [0.1, 0.15) is 12.5 Å². The Morgan fingerprint density at radius 2 is 1.91 bits per heavy atom. The molecule has 0 radical (unpaired) electrons. The standard InChI is InChI=1S/C26H36N4O4/c1-17-6-11-22(20-9-7-19(15-31)8-10-20)30(14-17)25(33)24(32)29-21-12-18(2)23(27-13-21)28-16-34-26(3,4)5/h7-10,12-13,17,22,31H,6,11,14-16H2,1-5H3,(H,27,28)(H,29,32)/t17-,22+/m0/s1. The summed E-state index contributed by atoms with van der Waals surface area (Å²) in [5, 5.41) is 15.1. The number of amides is 2. The first-order valence-corrected chi connectivity index (χ1v) is 11.7. The number of likely N-dealkylation sites (tertiary alicyclic amines) is 1. The van der Waals surface area contributed by atoms with Crippen LogP contribution < -0.4 is 10.6 Å². The van der Waals surface area contributed by atoms with Gasteiger partial charge in [-0.3, -0.25) is 9.59 Å². The predicted molar refractivity (Wildman–Crippen MR) is 132 cm³/mol. The number of carbonyl (C=O) groups is 2. The van der Waals surface area contributed by atoms with Crippen LogP contribution in [0.3, 0.4) is 0 Å². The Morgan fingerprint density at radius 1 is 1.21 bits per heavy atom. The highest BCUT2D eigenvalue weighted by Crippen LogP contribution is 2.33. The van der Waals surface area contributed by atoms with Crippen LogP contribution in [0.1, 0.15) is 63.3 Å². The van der Waals surface area contributed by atoms with Crippen LogP contribution in [0.2, 0.25) is 0 Å². The summed E-state index contributed by atoms with van der Waals surface area (Å²) < 4.78 is 5.67. The molecule has 1 saturated heterocycles. The summed E-state index contributed by atoms with van der Waals surface area (Å²) in [6.07, 6.45) is 3.30. The van der Waals surface area contributed by atoms with Crippen LogP contribution in [-0.4, -0.2) is 45.7 Å². The fourth-order valence-electron chi connectivity index (χ4n) is 4.03. The number of piperidine rings is 1. The number of benzene rings is 1. The number of hydrogen-bond donors (Lipinski definition) is 3. The Kier molecular flexibility index (Phi) is 8.28. The van der Waals surface area contributed by atoms with E-state index >= 15 is 0 Å². The van der Waals surface area contributed by atoms with E-state index in [4.69, 9.17) is 4.74 Å². The van der Waals surface area contributed by atoms with Crippen LogP contribution in [-0.2, 0) is 20.9 Å². The van der Waals surface area contributed by atoms with Gasteiger partial charge in [-0.1, -0.05) is 31.2 Å². The number of anilines is 2. The second-order valence-corrected chi connectivity index (χ2v) is 9.98. The van der Waals surface area contributed by atoms with E-state index in [9.17, 15) is 14.7 Å². The minimum atomic E-state index is -0.677. The summed E-state index contributed by atoms with van der Waals surface area (Å²) in [6.45, 7) is 10.7. The fraction of sp³-hybridized carbons (Fsp3) is 0.500. The molecular weight excluding hydrogens is 432 g/mol. The third kappa shape index (κ3) is 6.77. The number of pyridine rings is 1. The Balaban J connectivity index is 1.67. The first-order valence-electron chi connectivity index (χ1n) is 11.7. The number of hydrogen-bond acceptors (Lipinski definition) is 6. The molecule has 2 aromatic rings. The molecule has 3 rings (SSSR count). The number of nitrogens with zero attached hydrogens (tertiary/aromatic N) is 2. The third-order valence-electron chi connectivity index (χ3n) is 5.90. The number of aryl methyl sites for hydroxylation is 1. The van der Waals surface area contributed by atoms with Crippen molar-refractivity contribution in [3.8, 4) is 0 Å². The van der Waals surface area contributed by atoms with Gasteiger partial charge in [-0.2, -0.15) is 0 Å². The fourth-order valence-corrected chi connectivity index (χ4v) is 4.03. The lowest BCUT2D eigenvalue weighted by Crippen LogP contribution is -2.46. The first kappa shape index (κ1) is 25.6. The van der Waals surface area contributed by atoms with E-state index in [-0.39, 0.29) is 18.2 Å². The molecule has 1 aliphatic rings. The van der Waals surface area contributed by atoms with Crippen molar-refractivity contribution in [2.75, 3.05) is 23.9 Å². The van der Waals surface area contributed by atoms with Gasteiger partial charge in [-0.15, -0.1) is 0 Å². The van der Waals surface area contributed by atoms with Crippen molar-refractivity contribution in [2.24, 2.45) is 5.92 Å². The lowest BCUT2D eigenvalue weighted by molar-refractivity contribution is -0.146. The number of nitrogens with one attached hydrogen (secondary N) is 2. The molecule has 0 aliphatic carbocycles. The lowest BCUT2D eigenvalue weighted by Gasteiger charge is -2.38. The van der Waals surface area contributed by atoms with Crippen molar-refractivity contribution in [1.29, 1.82) is 0 Å². The minimum absolute atomic E-state index is 0.0294. The van der Waals surface area contributed by atoms with E-state index in [1.54, 1.807) is 11.0 Å². The molecule has 3 N–H and O–H groups in total. The molecule has 2 heterocycles. The third-order valence-corrected chi connectivity index (χ3v) is 5.90. The van der Waals surface area contributed by atoms with Crippen molar-refractivity contribution < 1.29 is 19.4 Å². The van der Waals surface area contributed by atoms with E-state index < -0.39 is 11.8 Å². The maximum absolute atomic E-state index is 13.2. The van der Waals surface area contributed by atoms with Crippen LogP contribution >= 0.6 is 0 Å². The molecule has 0 spiro atoms. The maximum Gasteiger partial charge on any atom is 0.313 e. The molecular formula is C26H36N4O4. The number of rotatable bonds is 6. The minimum Gasteiger partial charge on any atom is -0.392 e. The van der Waals surface area contributed by atoms with Gasteiger partial charge in [-0.25, -0.2) is 4.98 Å². The number of aromatic nitrogens is 1. The second kappa shape index (κ2) is 11.0. The Labute approximate surface area is 201 Å². The zero-order valence-corrected chi connectivity index (χ0v) is 20.7. The van der Waals surface area contributed by atoms with Gasteiger partial charge in [0.25, 0.3) is 0 Å². The lowest BCUT2D eigenvalue weighted by atomic mass is 9.89. The summed E-state index contributed by atoms with van der Waals surface area (Å²) >= 11 is 0. The Bertz CT molecular complexity index is 1000. The zero-order chi connectivity index (χ0) is 24.9. The second-order valence-electron chi connectivity index (χ2n) is 9.98. The van der Waals surface area contributed by atoms with E-state index in [1.165, 1.54) is 6.20 Å². The van der Waals surface area contributed by atoms with Gasteiger partial charge in [0.05, 0.1) is 30.1 Å².